The molecule has 0 aliphatic heterocycles. The number of carbonyl (C=O) groups is 1. The van der Waals surface area contributed by atoms with Crippen molar-refractivity contribution < 1.29 is 4.79 Å². The molecule has 0 bridgehead atoms. The molecule has 1 fully saturated rings. The largest absolute Gasteiger partial charge is 0.352 e. The molecule has 2 aromatic heterocycles. The minimum Gasteiger partial charge on any atom is -0.352 e. The summed E-state index contributed by atoms with van der Waals surface area (Å²) in [7, 11) is 0. The molecule has 1 amide bonds. The van der Waals surface area contributed by atoms with E-state index >= 15 is 0 Å². The molecule has 0 saturated heterocycles. The van der Waals surface area contributed by atoms with Gasteiger partial charge >= 0.3 is 0 Å². The van der Waals surface area contributed by atoms with Gasteiger partial charge in [-0.2, -0.15) is 0 Å². The van der Waals surface area contributed by atoms with Crippen LogP contribution in [-0.4, -0.2) is 21.9 Å². The second-order valence-corrected chi connectivity index (χ2v) is 10.1. The Morgan fingerprint density at radius 3 is 2.82 bits per heavy atom. The Kier molecular flexibility index (Phi) is 4.85. The van der Waals surface area contributed by atoms with E-state index in [2.05, 4.69) is 22.2 Å². The molecule has 1 N–H and O–H groups in total. The van der Waals surface area contributed by atoms with Gasteiger partial charge in [-0.1, -0.05) is 49.0 Å². The quantitative estimate of drug-likeness (QED) is 0.480. The summed E-state index contributed by atoms with van der Waals surface area (Å²) >= 11 is 3.38. The fraction of sp³-hybridized carbons (Fsp3) is 0.409. The van der Waals surface area contributed by atoms with E-state index < -0.39 is 0 Å². The van der Waals surface area contributed by atoms with E-state index in [1.807, 2.05) is 30.3 Å². The Morgan fingerprint density at radius 1 is 1.21 bits per heavy atom. The van der Waals surface area contributed by atoms with Crippen LogP contribution in [0.2, 0.25) is 0 Å². The van der Waals surface area contributed by atoms with Crippen molar-refractivity contribution in [1.29, 1.82) is 0 Å². The molecule has 2 aliphatic rings. The summed E-state index contributed by atoms with van der Waals surface area (Å²) in [6, 6.07) is 10.4. The van der Waals surface area contributed by atoms with Crippen LogP contribution in [0.25, 0.3) is 10.2 Å². The smallest absolute Gasteiger partial charge is 0.238 e. The SMILES string of the molecule is C[C@@H]1CCc2c(sc3ncnc(S[C@H](C(=O)NC4CC4)c4ccccc4)c23)C1. The van der Waals surface area contributed by atoms with Crippen LogP contribution in [0.15, 0.2) is 41.7 Å². The van der Waals surface area contributed by atoms with Crippen molar-refractivity contribution in [1.82, 2.24) is 15.3 Å². The molecule has 0 spiro atoms. The molecular formula is C22H23N3OS2. The van der Waals surface area contributed by atoms with Gasteiger partial charge in [0.05, 0.1) is 0 Å². The van der Waals surface area contributed by atoms with Gasteiger partial charge in [0.2, 0.25) is 5.91 Å². The van der Waals surface area contributed by atoms with Gasteiger partial charge in [-0.25, -0.2) is 9.97 Å². The predicted molar refractivity (Wildman–Crippen MR) is 115 cm³/mol. The number of nitrogens with one attached hydrogen (secondary N) is 1. The van der Waals surface area contributed by atoms with E-state index in [1.54, 1.807) is 29.4 Å². The summed E-state index contributed by atoms with van der Waals surface area (Å²) < 4.78 is 0. The average molecular weight is 410 g/mol. The predicted octanol–water partition coefficient (Wildman–Crippen LogP) is 4.93. The van der Waals surface area contributed by atoms with Crippen LogP contribution in [0.4, 0.5) is 0 Å². The number of thioether (sulfide) groups is 1. The highest BCUT2D eigenvalue weighted by Gasteiger charge is 2.31. The van der Waals surface area contributed by atoms with Crippen LogP contribution in [0.3, 0.4) is 0 Å². The van der Waals surface area contributed by atoms with Gasteiger partial charge in [-0.15, -0.1) is 11.3 Å². The Hall–Kier alpha value is -1.92. The van der Waals surface area contributed by atoms with Crippen LogP contribution in [0.1, 0.15) is 47.4 Å². The summed E-state index contributed by atoms with van der Waals surface area (Å²) in [5, 5.41) is 5.01. The highest BCUT2D eigenvalue weighted by Crippen LogP contribution is 2.44. The van der Waals surface area contributed by atoms with Crippen molar-refractivity contribution in [3.05, 3.63) is 52.7 Å². The van der Waals surface area contributed by atoms with Gasteiger partial charge in [0, 0.05) is 16.3 Å². The van der Waals surface area contributed by atoms with E-state index in [4.69, 9.17) is 0 Å². The number of aromatic nitrogens is 2. The van der Waals surface area contributed by atoms with E-state index in [-0.39, 0.29) is 11.2 Å². The molecule has 4 nitrogen and oxygen atoms in total. The van der Waals surface area contributed by atoms with Gasteiger partial charge in [-0.3, -0.25) is 4.79 Å². The monoisotopic (exact) mass is 409 g/mol. The number of thiophene rings is 1. The standard InChI is InChI=1S/C22H23N3OS2/c1-13-7-10-16-17(11-13)27-21-18(16)22(24-12-23-21)28-19(14-5-3-2-4-6-14)20(26)25-15-8-9-15/h2-6,12-13,15,19H,7-11H2,1H3,(H,25,26)/t13-,19+/m1/s1. The van der Waals surface area contributed by atoms with E-state index in [0.29, 0.717) is 6.04 Å². The molecule has 28 heavy (non-hydrogen) atoms. The van der Waals surface area contributed by atoms with Crippen molar-refractivity contribution in [3.63, 3.8) is 0 Å². The lowest BCUT2D eigenvalue weighted by Gasteiger charge is -2.19. The maximum Gasteiger partial charge on any atom is 0.238 e. The number of benzene rings is 1. The maximum atomic E-state index is 13.0. The minimum atomic E-state index is -0.294. The van der Waals surface area contributed by atoms with E-state index in [1.165, 1.54) is 22.2 Å². The molecule has 144 valence electrons. The summed E-state index contributed by atoms with van der Waals surface area (Å²) in [6.45, 7) is 2.32. The van der Waals surface area contributed by atoms with Crippen LogP contribution in [0.5, 0.6) is 0 Å². The van der Waals surface area contributed by atoms with Crippen molar-refractivity contribution in [2.45, 2.75) is 55.3 Å². The van der Waals surface area contributed by atoms with Crippen LogP contribution in [-0.2, 0) is 17.6 Å². The summed E-state index contributed by atoms with van der Waals surface area (Å²) in [5.41, 5.74) is 2.44. The third kappa shape index (κ3) is 3.55. The summed E-state index contributed by atoms with van der Waals surface area (Å²) in [5.74, 6) is 0.814. The molecule has 2 aliphatic carbocycles. The zero-order valence-electron chi connectivity index (χ0n) is 15.9. The molecule has 2 heterocycles. The number of carbonyl (C=O) groups excluding carboxylic acids is 1. The lowest BCUT2D eigenvalue weighted by Crippen LogP contribution is -2.29. The molecule has 0 unspecified atom stereocenters. The Bertz CT molecular complexity index is 1010. The van der Waals surface area contributed by atoms with Gasteiger partial charge in [0.1, 0.15) is 21.4 Å². The number of hydrogen-bond donors (Lipinski definition) is 1. The van der Waals surface area contributed by atoms with Gasteiger partial charge < -0.3 is 5.32 Å². The van der Waals surface area contributed by atoms with Gasteiger partial charge in [0.25, 0.3) is 0 Å². The van der Waals surface area contributed by atoms with Gasteiger partial charge in [0.15, 0.2) is 0 Å². The minimum absolute atomic E-state index is 0.0863. The second-order valence-electron chi connectivity index (χ2n) is 7.90. The Labute approximate surface area is 173 Å². The second kappa shape index (κ2) is 7.48. The third-order valence-corrected chi connectivity index (χ3v) is 7.97. The molecule has 1 saturated carbocycles. The van der Waals surface area contributed by atoms with Crippen molar-refractivity contribution in [2.24, 2.45) is 5.92 Å². The van der Waals surface area contributed by atoms with E-state index in [9.17, 15) is 4.79 Å². The molecule has 3 aromatic rings. The average Bonchev–Trinajstić information content (AvgIpc) is 3.44. The lowest BCUT2D eigenvalue weighted by molar-refractivity contribution is -0.120. The molecule has 0 radical (unpaired) electrons. The van der Waals surface area contributed by atoms with Crippen LogP contribution < -0.4 is 5.32 Å². The van der Waals surface area contributed by atoms with Crippen LogP contribution in [0, 0.1) is 5.92 Å². The molecular weight excluding hydrogens is 386 g/mol. The Balaban J connectivity index is 1.53. The van der Waals surface area contributed by atoms with E-state index in [0.717, 1.165) is 47.0 Å². The highest BCUT2D eigenvalue weighted by molar-refractivity contribution is 8.00. The summed E-state index contributed by atoms with van der Waals surface area (Å²) in [4.78, 5) is 24.7. The number of nitrogens with zero attached hydrogens (tertiary/aromatic N) is 2. The number of fused-ring (bicyclic) bond motifs is 3. The van der Waals surface area contributed by atoms with Crippen molar-refractivity contribution >= 4 is 39.2 Å². The number of rotatable bonds is 5. The fourth-order valence-corrected chi connectivity index (χ4v) is 6.40. The normalized spacial score (nSPS) is 20.0. The van der Waals surface area contributed by atoms with Crippen molar-refractivity contribution in [2.75, 3.05) is 0 Å². The highest BCUT2D eigenvalue weighted by atomic mass is 32.2. The number of hydrogen-bond acceptors (Lipinski definition) is 5. The first-order valence-corrected chi connectivity index (χ1v) is 11.7. The molecule has 1 aromatic carbocycles. The number of amides is 1. The first-order chi connectivity index (χ1) is 13.7. The zero-order valence-corrected chi connectivity index (χ0v) is 17.5. The molecule has 5 rings (SSSR count). The van der Waals surface area contributed by atoms with Crippen molar-refractivity contribution in [3.8, 4) is 0 Å². The van der Waals surface area contributed by atoms with Crippen LogP contribution >= 0.6 is 23.1 Å². The third-order valence-electron chi connectivity index (χ3n) is 5.55. The first-order valence-electron chi connectivity index (χ1n) is 9.96. The topological polar surface area (TPSA) is 54.9 Å². The fourth-order valence-electron chi connectivity index (χ4n) is 3.85. The molecule has 2 atom stereocenters. The lowest BCUT2D eigenvalue weighted by atomic mass is 9.89. The zero-order chi connectivity index (χ0) is 19.1. The molecule has 6 heteroatoms. The van der Waals surface area contributed by atoms with Gasteiger partial charge in [-0.05, 0) is 49.1 Å². The number of aryl methyl sites for hydroxylation is 1. The maximum absolute atomic E-state index is 13.0. The first kappa shape index (κ1) is 18.1. The summed E-state index contributed by atoms with van der Waals surface area (Å²) in [6.07, 6.45) is 7.25. The Morgan fingerprint density at radius 2 is 2.04 bits per heavy atom.